The molecule has 8 heteroatoms. The molecule has 192 valence electrons. The molecule has 2 amide bonds. The van der Waals surface area contributed by atoms with Gasteiger partial charge in [-0.15, -0.1) is 0 Å². The summed E-state index contributed by atoms with van der Waals surface area (Å²) in [6, 6.07) is 17.0. The number of ether oxygens (including phenoxy) is 1. The second kappa shape index (κ2) is 11.2. The number of fused-ring (bicyclic) bond motifs is 1. The molecule has 2 heterocycles. The van der Waals surface area contributed by atoms with E-state index in [2.05, 4.69) is 10.4 Å². The van der Waals surface area contributed by atoms with E-state index in [9.17, 15) is 9.59 Å². The lowest BCUT2D eigenvalue weighted by Gasteiger charge is -2.23. The Kier molecular flexibility index (Phi) is 7.86. The largest absolute Gasteiger partial charge is 0.495 e. The van der Waals surface area contributed by atoms with Crippen LogP contribution in [0.25, 0.3) is 22.3 Å². The fourth-order valence-electron chi connectivity index (χ4n) is 4.37. The molecular formula is C29H33N5O3. The normalized spacial score (nSPS) is 11.1. The van der Waals surface area contributed by atoms with Gasteiger partial charge in [-0.1, -0.05) is 43.3 Å². The van der Waals surface area contributed by atoms with Crippen molar-refractivity contribution in [3.63, 3.8) is 0 Å². The molecule has 2 aromatic heterocycles. The minimum absolute atomic E-state index is 0.0680. The van der Waals surface area contributed by atoms with Gasteiger partial charge >= 0.3 is 0 Å². The highest BCUT2D eigenvalue weighted by atomic mass is 16.5. The number of aryl methyl sites for hydroxylation is 1. The fourth-order valence-corrected chi connectivity index (χ4v) is 4.37. The maximum absolute atomic E-state index is 14.0. The SMILES string of the molecule is CCCN(CC(=O)Nc1ccccc1OC)C(=O)c1cc(-c2ccccc2C)nc2c1cnn2C(C)C. The number of carbonyl (C=O) groups excluding carboxylic acids is 2. The van der Waals surface area contributed by atoms with Gasteiger partial charge in [-0.3, -0.25) is 9.59 Å². The van der Waals surface area contributed by atoms with Crippen LogP contribution in [-0.2, 0) is 4.79 Å². The molecule has 0 saturated heterocycles. The first kappa shape index (κ1) is 25.9. The van der Waals surface area contributed by atoms with Gasteiger partial charge in [-0.25, -0.2) is 9.67 Å². The smallest absolute Gasteiger partial charge is 0.255 e. The highest BCUT2D eigenvalue weighted by Gasteiger charge is 2.24. The number of para-hydroxylation sites is 2. The summed E-state index contributed by atoms with van der Waals surface area (Å²) >= 11 is 0. The van der Waals surface area contributed by atoms with E-state index in [-0.39, 0.29) is 24.4 Å². The van der Waals surface area contributed by atoms with E-state index in [1.54, 1.807) is 30.3 Å². The zero-order valence-electron chi connectivity index (χ0n) is 22.0. The van der Waals surface area contributed by atoms with Crippen molar-refractivity contribution in [1.29, 1.82) is 0 Å². The third-order valence-corrected chi connectivity index (χ3v) is 6.20. The summed E-state index contributed by atoms with van der Waals surface area (Å²) in [5.41, 5.74) is 4.40. The summed E-state index contributed by atoms with van der Waals surface area (Å²) in [7, 11) is 1.55. The van der Waals surface area contributed by atoms with Gasteiger partial charge in [0.25, 0.3) is 5.91 Å². The third-order valence-electron chi connectivity index (χ3n) is 6.20. The second-order valence-electron chi connectivity index (χ2n) is 9.27. The predicted molar refractivity (Wildman–Crippen MR) is 146 cm³/mol. The number of benzene rings is 2. The highest BCUT2D eigenvalue weighted by Crippen LogP contribution is 2.29. The van der Waals surface area contributed by atoms with Crippen molar-refractivity contribution in [3.05, 3.63) is 71.9 Å². The Morgan fingerprint density at radius 2 is 1.84 bits per heavy atom. The standard InChI is InChI=1S/C29H33N5O3/c1-6-15-33(18-27(35)31-24-13-9-10-14-26(24)37-5)29(36)22-16-25(21-12-8-7-11-20(21)4)32-28-23(22)17-30-34(28)19(2)3/h7-14,16-17,19H,6,15,18H2,1-5H3,(H,31,35). The quantitative estimate of drug-likeness (QED) is 0.329. The highest BCUT2D eigenvalue weighted by molar-refractivity contribution is 6.08. The molecule has 0 atom stereocenters. The van der Waals surface area contributed by atoms with Crippen molar-refractivity contribution in [1.82, 2.24) is 19.7 Å². The van der Waals surface area contributed by atoms with Crippen molar-refractivity contribution >= 4 is 28.5 Å². The van der Waals surface area contributed by atoms with Crippen molar-refractivity contribution in [2.24, 2.45) is 0 Å². The molecule has 0 fully saturated rings. The first-order chi connectivity index (χ1) is 17.8. The fraction of sp³-hybridized carbons (Fsp3) is 0.310. The molecule has 4 rings (SSSR count). The topological polar surface area (TPSA) is 89.3 Å². The molecule has 0 spiro atoms. The Morgan fingerprint density at radius 3 is 2.54 bits per heavy atom. The van der Waals surface area contributed by atoms with Crippen LogP contribution in [0.4, 0.5) is 5.69 Å². The van der Waals surface area contributed by atoms with Crippen LogP contribution in [0.5, 0.6) is 5.75 Å². The number of hydrogen-bond acceptors (Lipinski definition) is 5. The first-order valence-corrected chi connectivity index (χ1v) is 12.5. The van der Waals surface area contributed by atoms with Crippen LogP contribution >= 0.6 is 0 Å². The number of hydrogen-bond donors (Lipinski definition) is 1. The van der Waals surface area contributed by atoms with Crippen LogP contribution in [0.2, 0.25) is 0 Å². The molecule has 8 nitrogen and oxygen atoms in total. The maximum atomic E-state index is 14.0. The Hall–Kier alpha value is -4.20. The number of nitrogens with zero attached hydrogens (tertiary/aromatic N) is 4. The molecule has 1 N–H and O–H groups in total. The summed E-state index contributed by atoms with van der Waals surface area (Å²) in [6.07, 6.45) is 2.40. The molecule has 4 aromatic rings. The first-order valence-electron chi connectivity index (χ1n) is 12.5. The number of anilines is 1. The summed E-state index contributed by atoms with van der Waals surface area (Å²) in [6.45, 7) is 8.40. The van der Waals surface area contributed by atoms with Gasteiger partial charge in [0.15, 0.2) is 5.65 Å². The Bertz CT molecular complexity index is 1430. The van der Waals surface area contributed by atoms with Crippen LogP contribution in [0.15, 0.2) is 60.8 Å². The van der Waals surface area contributed by atoms with E-state index in [4.69, 9.17) is 9.72 Å². The Balaban J connectivity index is 1.73. The van der Waals surface area contributed by atoms with E-state index >= 15 is 0 Å². The van der Waals surface area contributed by atoms with Gasteiger partial charge in [0, 0.05) is 18.2 Å². The van der Waals surface area contributed by atoms with Gasteiger partial charge < -0.3 is 15.0 Å². The van der Waals surface area contributed by atoms with Gasteiger partial charge in [0.05, 0.1) is 35.6 Å². The maximum Gasteiger partial charge on any atom is 0.255 e. The van der Waals surface area contributed by atoms with Crippen LogP contribution in [0.1, 0.15) is 49.2 Å². The molecule has 0 aliphatic heterocycles. The van der Waals surface area contributed by atoms with Gasteiger partial charge in [-0.2, -0.15) is 5.10 Å². The van der Waals surface area contributed by atoms with Crippen molar-refractivity contribution < 1.29 is 14.3 Å². The average Bonchev–Trinajstić information content (AvgIpc) is 3.32. The molecule has 0 unspecified atom stereocenters. The zero-order valence-corrected chi connectivity index (χ0v) is 22.0. The van der Waals surface area contributed by atoms with Crippen LogP contribution in [0.3, 0.4) is 0 Å². The average molecular weight is 500 g/mol. The number of nitrogens with one attached hydrogen (secondary N) is 1. The van der Waals surface area contributed by atoms with E-state index < -0.39 is 0 Å². The lowest BCUT2D eigenvalue weighted by atomic mass is 10.0. The number of carbonyl (C=O) groups is 2. The summed E-state index contributed by atoms with van der Waals surface area (Å²) in [4.78, 5) is 33.5. The third kappa shape index (κ3) is 5.48. The lowest BCUT2D eigenvalue weighted by molar-refractivity contribution is -0.116. The van der Waals surface area contributed by atoms with Crippen LogP contribution < -0.4 is 10.1 Å². The second-order valence-corrected chi connectivity index (χ2v) is 9.27. The summed E-state index contributed by atoms with van der Waals surface area (Å²) < 4.78 is 7.16. The van der Waals surface area contributed by atoms with Crippen molar-refractivity contribution in [2.45, 2.75) is 40.2 Å². The van der Waals surface area contributed by atoms with E-state index in [0.717, 1.165) is 11.1 Å². The van der Waals surface area contributed by atoms with E-state index in [1.807, 2.05) is 74.8 Å². The number of methoxy groups -OCH3 is 1. The van der Waals surface area contributed by atoms with Gasteiger partial charge in [0.2, 0.25) is 5.91 Å². The van der Waals surface area contributed by atoms with Crippen LogP contribution in [-0.4, -0.2) is 51.7 Å². The molecule has 0 radical (unpaired) electrons. The monoisotopic (exact) mass is 499 g/mol. The lowest BCUT2D eigenvalue weighted by Crippen LogP contribution is -2.38. The zero-order chi connectivity index (χ0) is 26.5. The van der Waals surface area contributed by atoms with Crippen molar-refractivity contribution in [3.8, 4) is 17.0 Å². The summed E-state index contributed by atoms with van der Waals surface area (Å²) in [5, 5.41) is 8.07. The summed E-state index contributed by atoms with van der Waals surface area (Å²) in [5.74, 6) is 0.0280. The van der Waals surface area contributed by atoms with E-state index in [1.165, 1.54) is 0 Å². The predicted octanol–water partition coefficient (Wildman–Crippen LogP) is 5.49. The van der Waals surface area contributed by atoms with Crippen LogP contribution in [0, 0.1) is 6.92 Å². The molecule has 0 saturated carbocycles. The molecule has 0 aliphatic carbocycles. The minimum Gasteiger partial charge on any atom is -0.495 e. The molecule has 2 aromatic carbocycles. The Morgan fingerprint density at radius 1 is 1.11 bits per heavy atom. The van der Waals surface area contributed by atoms with E-state index in [0.29, 0.717) is 46.7 Å². The number of amides is 2. The van der Waals surface area contributed by atoms with Crippen molar-refractivity contribution in [2.75, 3.05) is 25.5 Å². The van der Waals surface area contributed by atoms with Gasteiger partial charge in [-0.05, 0) is 51.0 Å². The molecular weight excluding hydrogens is 466 g/mol. The van der Waals surface area contributed by atoms with Gasteiger partial charge in [0.1, 0.15) is 12.3 Å². The number of pyridine rings is 1. The Labute approximate surface area is 217 Å². The number of aromatic nitrogens is 3. The molecule has 37 heavy (non-hydrogen) atoms. The number of rotatable bonds is 9. The minimum atomic E-state index is -0.298. The molecule has 0 aliphatic rings. The molecule has 0 bridgehead atoms.